The lowest BCUT2D eigenvalue weighted by Gasteiger charge is -2.19. The largest absolute Gasteiger partial charge is 0.465 e. The number of carbonyl (C=O) groups is 4. The molecule has 2 atom stereocenters. The maximum Gasteiger partial charge on any atom is 0.328 e. The van der Waals surface area contributed by atoms with Crippen LogP contribution in [0.5, 0.6) is 0 Å². The average Bonchev–Trinajstić information content (AvgIpc) is 2.86. The number of hydrogen-bond donors (Lipinski definition) is 1. The molecule has 7 nitrogen and oxygen atoms in total. The highest BCUT2D eigenvalue weighted by Gasteiger charge is 2.24. The van der Waals surface area contributed by atoms with E-state index >= 15 is 0 Å². The molecule has 2 unspecified atom stereocenters. The zero-order valence-corrected chi connectivity index (χ0v) is 26.0. The Morgan fingerprint density at radius 1 is 0.615 bits per heavy atom. The minimum atomic E-state index is -0.597. The van der Waals surface area contributed by atoms with Gasteiger partial charge in [-0.2, -0.15) is 0 Å². The first-order valence-electron chi connectivity index (χ1n) is 15.7. The Labute approximate surface area is 238 Å². The predicted octanol–water partition coefficient (Wildman–Crippen LogP) is 7.34. The van der Waals surface area contributed by atoms with Crippen LogP contribution < -0.4 is 5.32 Å². The molecule has 1 amide bonds. The second kappa shape index (κ2) is 23.9. The molecule has 0 radical (unpaired) electrons. The molecule has 0 aromatic heterocycles. The number of unbranched alkanes of at least 4 members (excludes halogenated alkanes) is 8. The molecule has 0 saturated carbocycles. The molecule has 0 aliphatic heterocycles. The summed E-state index contributed by atoms with van der Waals surface area (Å²) in [7, 11) is 0. The lowest BCUT2D eigenvalue weighted by atomic mass is 9.91. The molecule has 7 heteroatoms. The van der Waals surface area contributed by atoms with Crippen LogP contribution in [0.4, 0.5) is 0 Å². The van der Waals surface area contributed by atoms with E-state index in [1.807, 2.05) is 34.6 Å². The van der Waals surface area contributed by atoms with Crippen molar-refractivity contribution in [3.63, 3.8) is 0 Å². The molecule has 0 aromatic carbocycles. The number of ether oxygens (including phenoxy) is 2. The number of rotatable bonds is 25. The number of carbonyl (C=O) groups excluding carboxylic acids is 4. The average molecular weight is 554 g/mol. The van der Waals surface area contributed by atoms with Gasteiger partial charge < -0.3 is 14.8 Å². The van der Waals surface area contributed by atoms with E-state index in [-0.39, 0.29) is 41.9 Å². The molecular formula is C32H59NO6. The van der Waals surface area contributed by atoms with E-state index in [1.165, 1.54) is 19.3 Å². The monoisotopic (exact) mass is 553 g/mol. The normalized spacial score (nSPS) is 12.8. The summed E-state index contributed by atoms with van der Waals surface area (Å²) in [5.41, 5.74) is 0. The Bertz CT molecular complexity index is 676. The lowest BCUT2D eigenvalue weighted by molar-refractivity contribution is -0.151. The van der Waals surface area contributed by atoms with Crippen molar-refractivity contribution in [1.29, 1.82) is 0 Å². The van der Waals surface area contributed by atoms with Gasteiger partial charge in [0.1, 0.15) is 11.8 Å². The minimum absolute atomic E-state index is 0.0759. The highest BCUT2D eigenvalue weighted by molar-refractivity contribution is 5.85. The van der Waals surface area contributed by atoms with Crippen molar-refractivity contribution < 1.29 is 28.7 Å². The summed E-state index contributed by atoms with van der Waals surface area (Å²) in [6, 6.07) is -0.597. The van der Waals surface area contributed by atoms with Crippen molar-refractivity contribution in [2.24, 2.45) is 17.8 Å². The van der Waals surface area contributed by atoms with Crippen molar-refractivity contribution >= 4 is 23.6 Å². The second-order valence-electron chi connectivity index (χ2n) is 11.8. The van der Waals surface area contributed by atoms with Crippen molar-refractivity contribution in [2.45, 2.75) is 150 Å². The van der Waals surface area contributed by atoms with Crippen molar-refractivity contribution in [1.82, 2.24) is 5.32 Å². The molecule has 0 spiro atoms. The lowest BCUT2D eigenvalue weighted by Crippen LogP contribution is -2.42. The Morgan fingerprint density at radius 2 is 1.15 bits per heavy atom. The van der Waals surface area contributed by atoms with Gasteiger partial charge in [0.25, 0.3) is 0 Å². The van der Waals surface area contributed by atoms with Crippen LogP contribution in [0.15, 0.2) is 0 Å². The van der Waals surface area contributed by atoms with Crippen LogP contribution in [0.3, 0.4) is 0 Å². The third-order valence-electron chi connectivity index (χ3n) is 6.70. The van der Waals surface area contributed by atoms with Crippen LogP contribution in [-0.4, -0.2) is 42.9 Å². The summed E-state index contributed by atoms with van der Waals surface area (Å²) < 4.78 is 10.9. The smallest absolute Gasteiger partial charge is 0.328 e. The molecule has 0 aromatic rings. The van der Waals surface area contributed by atoms with Crippen molar-refractivity contribution in [3.05, 3.63) is 0 Å². The van der Waals surface area contributed by atoms with Crippen LogP contribution >= 0.6 is 0 Å². The second-order valence-corrected chi connectivity index (χ2v) is 11.8. The van der Waals surface area contributed by atoms with Crippen LogP contribution in [0, 0.1) is 17.8 Å². The first-order valence-corrected chi connectivity index (χ1v) is 15.7. The standard InChI is InChI=1S/C32H59NO6/c1-7-9-10-11-12-15-19-30(35)33-29(23-26(5)6)32(37)39-21-17-14-13-16-20-38-31(36)27(22-25(3)4)24-28(34)18-8-2/h25-27,29H,7-24H2,1-6H3,(H,33,35). The van der Waals surface area contributed by atoms with E-state index in [1.54, 1.807) is 0 Å². The maximum absolute atomic E-state index is 12.6. The van der Waals surface area contributed by atoms with E-state index in [9.17, 15) is 19.2 Å². The number of hydrogen-bond acceptors (Lipinski definition) is 6. The minimum Gasteiger partial charge on any atom is -0.465 e. The molecule has 1 N–H and O–H groups in total. The fourth-order valence-electron chi connectivity index (χ4n) is 4.63. The molecular weight excluding hydrogens is 494 g/mol. The van der Waals surface area contributed by atoms with Gasteiger partial charge in [-0.1, -0.05) is 73.6 Å². The van der Waals surface area contributed by atoms with Crippen LogP contribution in [-0.2, 0) is 28.7 Å². The number of esters is 2. The van der Waals surface area contributed by atoms with Crippen LogP contribution in [0.1, 0.15) is 144 Å². The van der Waals surface area contributed by atoms with E-state index < -0.39 is 6.04 Å². The molecule has 0 aliphatic rings. The van der Waals surface area contributed by atoms with Gasteiger partial charge in [-0.15, -0.1) is 0 Å². The number of ketones is 1. The molecule has 0 rings (SSSR count). The molecule has 0 bridgehead atoms. The zero-order valence-electron chi connectivity index (χ0n) is 26.0. The summed E-state index contributed by atoms with van der Waals surface area (Å²) in [5.74, 6) is -0.332. The maximum atomic E-state index is 12.6. The molecule has 228 valence electrons. The van der Waals surface area contributed by atoms with Gasteiger partial charge in [0.05, 0.1) is 19.1 Å². The first-order chi connectivity index (χ1) is 18.6. The first kappa shape index (κ1) is 37.1. The fourth-order valence-corrected chi connectivity index (χ4v) is 4.63. The van der Waals surface area contributed by atoms with E-state index in [2.05, 4.69) is 12.2 Å². The zero-order chi connectivity index (χ0) is 29.5. The van der Waals surface area contributed by atoms with E-state index in [4.69, 9.17) is 9.47 Å². The summed E-state index contributed by atoms with van der Waals surface area (Å²) in [6.45, 7) is 13.0. The van der Waals surface area contributed by atoms with Crippen molar-refractivity contribution in [2.75, 3.05) is 13.2 Å². The third kappa shape index (κ3) is 21.6. The third-order valence-corrected chi connectivity index (χ3v) is 6.70. The van der Waals surface area contributed by atoms with E-state index in [0.717, 1.165) is 51.4 Å². The van der Waals surface area contributed by atoms with Gasteiger partial charge in [-0.3, -0.25) is 14.4 Å². The van der Waals surface area contributed by atoms with Gasteiger partial charge in [0, 0.05) is 19.3 Å². The molecule has 0 aliphatic carbocycles. The highest BCUT2D eigenvalue weighted by atomic mass is 16.5. The van der Waals surface area contributed by atoms with Crippen LogP contribution in [0.2, 0.25) is 0 Å². The molecule has 0 heterocycles. The fraction of sp³-hybridized carbons (Fsp3) is 0.875. The number of amides is 1. The quantitative estimate of drug-likeness (QED) is 0.0938. The van der Waals surface area contributed by atoms with E-state index in [0.29, 0.717) is 44.8 Å². The number of Topliss-reactive ketones (excluding diaryl/α,β-unsaturated/α-hetero) is 1. The van der Waals surface area contributed by atoms with Gasteiger partial charge in [-0.05, 0) is 63.2 Å². The predicted molar refractivity (Wildman–Crippen MR) is 157 cm³/mol. The summed E-state index contributed by atoms with van der Waals surface area (Å²) in [5, 5.41) is 2.89. The summed E-state index contributed by atoms with van der Waals surface area (Å²) in [6.07, 6.45) is 13.1. The van der Waals surface area contributed by atoms with Crippen LogP contribution in [0.25, 0.3) is 0 Å². The highest BCUT2D eigenvalue weighted by Crippen LogP contribution is 2.19. The van der Waals surface area contributed by atoms with Gasteiger partial charge >= 0.3 is 11.9 Å². The summed E-state index contributed by atoms with van der Waals surface area (Å²) >= 11 is 0. The van der Waals surface area contributed by atoms with Gasteiger partial charge in [0.2, 0.25) is 5.91 Å². The topological polar surface area (TPSA) is 98.8 Å². The number of nitrogens with one attached hydrogen (secondary N) is 1. The summed E-state index contributed by atoms with van der Waals surface area (Å²) in [4.78, 5) is 49.5. The Kier molecular flexibility index (Phi) is 22.7. The van der Waals surface area contributed by atoms with Crippen molar-refractivity contribution in [3.8, 4) is 0 Å². The molecule has 0 saturated heterocycles. The molecule has 39 heavy (non-hydrogen) atoms. The SMILES string of the molecule is CCCCCCCCC(=O)NC(CC(C)C)C(=O)OCCCCCCOC(=O)C(CC(=O)CCC)CC(C)C. The Balaban J connectivity index is 4.22. The molecule has 0 fully saturated rings. The Morgan fingerprint density at radius 3 is 1.72 bits per heavy atom. The van der Waals surface area contributed by atoms with Gasteiger partial charge in [-0.25, -0.2) is 4.79 Å². The van der Waals surface area contributed by atoms with Gasteiger partial charge in [0.15, 0.2) is 0 Å². The Hall–Kier alpha value is -1.92.